The Kier molecular flexibility index (Phi) is 5.34. The minimum atomic E-state index is 0.188. The molecule has 2 heteroatoms. The summed E-state index contributed by atoms with van der Waals surface area (Å²) in [6.07, 6.45) is 4.84. The Bertz CT molecular complexity index is 309. The molecule has 1 aromatic rings. The van der Waals surface area contributed by atoms with E-state index in [2.05, 4.69) is 48.0 Å². The van der Waals surface area contributed by atoms with Crippen molar-refractivity contribution in [1.29, 1.82) is 0 Å². The first kappa shape index (κ1) is 12.7. The molecule has 0 saturated carbocycles. The molecule has 0 fully saturated rings. The quantitative estimate of drug-likeness (QED) is 0.791. The fourth-order valence-electron chi connectivity index (χ4n) is 1.62. The second-order valence-electron chi connectivity index (χ2n) is 4.11. The zero-order valence-corrected chi connectivity index (χ0v) is 11.2. The van der Waals surface area contributed by atoms with Crippen LogP contribution in [0.1, 0.15) is 49.8 Å². The zero-order chi connectivity index (χ0) is 11.3. The van der Waals surface area contributed by atoms with Crippen LogP contribution < -0.4 is 5.73 Å². The fraction of sp³-hybridized carbons (Fsp3) is 0.538. The highest BCUT2D eigenvalue weighted by Crippen LogP contribution is 2.23. The number of halogens is 1. The van der Waals surface area contributed by atoms with Crippen LogP contribution in [0.3, 0.4) is 0 Å². The lowest BCUT2D eigenvalue weighted by Crippen LogP contribution is -2.10. The first-order valence-corrected chi connectivity index (χ1v) is 6.46. The molecule has 1 unspecified atom stereocenters. The second-order valence-corrected chi connectivity index (χ2v) is 4.97. The van der Waals surface area contributed by atoms with Crippen molar-refractivity contribution >= 4 is 15.9 Å². The zero-order valence-electron chi connectivity index (χ0n) is 9.59. The number of hydrogen-bond acceptors (Lipinski definition) is 1. The lowest BCUT2D eigenvalue weighted by Gasteiger charge is -2.12. The summed E-state index contributed by atoms with van der Waals surface area (Å²) in [5.74, 6) is 0. The van der Waals surface area contributed by atoms with Crippen molar-refractivity contribution in [1.82, 2.24) is 0 Å². The second kappa shape index (κ2) is 6.29. The standard InChI is InChI=1S/C13H20BrN/c1-3-4-5-6-13(15)11-8-7-10(2)12(14)9-11/h7-9,13H,3-6,15H2,1-2H3. The van der Waals surface area contributed by atoms with Gasteiger partial charge in [0.1, 0.15) is 0 Å². The molecule has 1 nitrogen and oxygen atoms in total. The summed E-state index contributed by atoms with van der Waals surface area (Å²) in [7, 11) is 0. The molecule has 2 N–H and O–H groups in total. The van der Waals surface area contributed by atoms with E-state index in [4.69, 9.17) is 5.73 Å². The molecule has 0 heterocycles. The maximum absolute atomic E-state index is 6.13. The summed E-state index contributed by atoms with van der Waals surface area (Å²) in [5, 5.41) is 0. The molecule has 0 saturated heterocycles. The van der Waals surface area contributed by atoms with Crippen LogP contribution in [0.2, 0.25) is 0 Å². The SMILES string of the molecule is CCCCCC(N)c1ccc(C)c(Br)c1. The number of rotatable bonds is 5. The third-order valence-electron chi connectivity index (χ3n) is 2.74. The Balaban J connectivity index is 2.57. The summed E-state index contributed by atoms with van der Waals surface area (Å²) in [4.78, 5) is 0. The number of benzene rings is 1. The first-order valence-electron chi connectivity index (χ1n) is 5.66. The highest BCUT2D eigenvalue weighted by Gasteiger charge is 2.06. The Hall–Kier alpha value is -0.340. The van der Waals surface area contributed by atoms with Gasteiger partial charge < -0.3 is 5.73 Å². The minimum absolute atomic E-state index is 0.188. The topological polar surface area (TPSA) is 26.0 Å². The van der Waals surface area contributed by atoms with Gasteiger partial charge in [-0.1, -0.05) is 54.2 Å². The largest absolute Gasteiger partial charge is 0.324 e. The van der Waals surface area contributed by atoms with Crippen LogP contribution in [0.4, 0.5) is 0 Å². The molecular weight excluding hydrogens is 250 g/mol. The van der Waals surface area contributed by atoms with Gasteiger partial charge in [-0.2, -0.15) is 0 Å². The van der Waals surface area contributed by atoms with Gasteiger partial charge in [-0.25, -0.2) is 0 Å². The van der Waals surface area contributed by atoms with Crippen molar-refractivity contribution in [2.24, 2.45) is 5.73 Å². The molecule has 1 aromatic carbocycles. The first-order chi connectivity index (χ1) is 7.15. The van der Waals surface area contributed by atoms with Gasteiger partial charge in [0.15, 0.2) is 0 Å². The maximum Gasteiger partial charge on any atom is 0.0295 e. The highest BCUT2D eigenvalue weighted by atomic mass is 79.9. The van der Waals surface area contributed by atoms with E-state index in [1.807, 2.05) is 0 Å². The van der Waals surface area contributed by atoms with Crippen LogP contribution in [0, 0.1) is 6.92 Å². The molecule has 0 aliphatic heterocycles. The van der Waals surface area contributed by atoms with Gasteiger partial charge in [0.25, 0.3) is 0 Å². The lowest BCUT2D eigenvalue weighted by atomic mass is 10.0. The van der Waals surface area contributed by atoms with Gasteiger partial charge in [0.2, 0.25) is 0 Å². The number of aryl methyl sites for hydroxylation is 1. The molecule has 0 radical (unpaired) electrons. The van der Waals surface area contributed by atoms with Crippen molar-refractivity contribution in [3.8, 4) is 0 Å². The predicted molar refractivity (Wildman–Crippen MR) is 69.9 cm³/mol. The van der Waals surface area contributed by atoms with Crippen molar-refractivity contribution in [2.75, 3.05) is 0 Å². The van der Waals surface area contributed by atoms with E-state index in [0.29, 0.717) is 0 Å². The minimum Gasteiger partial charge on any atom is -0.324 e. The molecule has 0 amide bonds. The molecule has 15 heavy (non-hydrogen) atoms. The van der Waals surface area contributed by atoms with Crippen LogP contribution in [0.5, 0.6) is 0 Å². The molecule has 0 bridgehead atoms. The third kappa shape index (κ3) is 3.96. The van der Waals surface area contributed by atoms with Crippen molar-refractivity contribution in [3.63, 3.8) is 0 Å². The highest BCUT2D eigenvalue weighted by molar-refractivity contribution is 9.10. The fourth-order valence-corrected chi connectivity index (χ4v) is 2.02. The van der Waals surface area contributed by atoms with Gasteiger partial charge in [0.05, 0.1) is 0 Å². The van der Waals surface area contributed by atoms with Crippen LogP contribution in [-0.4, -0.2) is 0 Å². The van der Waals surface area contributed by atoms with E-state index >= 15 is 0 Å². The molecule has 0 spiro atoms. The monoisotopic (exact) mass is 269 g/mol. The van der Waals surface area contributed by atoms with Gasteiger partial charge >= 0.3 is 0 Å². The summed E-state index contributed by atoms with van der Waals surface area (Å²) in [5.41, 5.74) is 8.64. The van der Waals surface area contributed by atoms with E-state index < -0.39 is 0 Å². The van der Waals surface area contributed by atoms with Gasteiger partial charge in [0, 0.05) is 10.5 Å². The molecule has 0 aliphatic carbocycles. The Morgan fingerprint density at radius 2 is 2.07 bits per heavy atom. The van der Waals surface area contributed by atoms with Crippen LogP contribution in [-0.2, 0) is 0 Å². The van der Waals surface area contributed by atoms with Gasteiger partial charge in [-0.15, -0.1) is 0 Å². The average Bonchev–Trinajstić information content (AvgIpc) is 2.22. The van der Waals surface area contributed by atoms with Crippen LogP contribution >= 0.6 is 15.9 Å². The van der Waals surface area contributed by atoms with E-state index in [9.17, 15) is 0 Å². The van der Waals surface area contributed by atoms with Gasteiger partial charge in [-0.05, 0) is 30.5 Å². The van der Waals surface area contributed by atoms with E-state index in [1.165, 1.54) is 30.4 Å². The van der Waals surface area contributed by atoms with Crippen molar-refractivity contribution < 1.29 is 0 Å². The smallest absolute Gasteiger partial charge is 0.0295 e. The predicted octanol–water partition coefficient (Wildman–Crippen LogP) is 4.34. The van der Waals surface area contributed by atoms with E-state index in [-0.39, 0.29) is 6.04 Å². The number of hydrogen-bond donors (Lipinski definition) is 1. The summed E-state index contributed by atoms with van der Waals surface area (Å²) in [6.45, 7) is 4.31. The molecule has 1 rings (SSSR count). The van der Waals surface area contributed by atoms with Crippen molar-refractivity contribution in [3.05, 3.63) is 33.8 Å². The molecule has 0 aromatic heterocycles. The molecule has 1 atom stereocenters. The Morgan fingerprint density at radius 3 is 2.67 bits per heavy atom. The maximum atomic E-state index is 6.13. The Labute approximate surface area is 101 Å². The van der Waals surface area contributed by atoms with Crippen LogP contribution in [0.25, 0.3) is 0 Å². The summed E-state index contributed by atoms with van der Waals surface area (Å²) >= 11 is 3.54. The number of unbranched alkanes of at least 4 members (excludes halogenated alkanes) is 2. The normalized spacial score (nSPS) is 12.8. The molecule has 84 valence electrons. The third-order valence-corrected chi connectivity index (χ3v) is 3.60. The van der Waals surface area contributed by atoms with E-state index in [0.717, 1.165) is 10.9 Å². The average molecular weight is 270 g/mol. The van der Waals surface area contributed by atoms with Crippen LogP contribution in [0.15, 0.2) is 22.7 Å². The van der Waals surface area contributed by atoms with Crippen molar-refractivity contribution in [2.45, 2.75) is 45.6 Å². The van der Waals surface area contributed by atoms with E-state index in [1.54, 1.807) is 0 Å². The lowest BCUT2D eigenvalue weighted by molar-refractivity contribution is 0.581. The Morgan fingerprint density at radius 1 is 1.33 bits per heavy atom. The molecular formula is C13H20BrN. The summed E-state index contributed by atoms with van der Waals surface area (Å²) in [6, 6.07) is 6.59. The molecule has 0 aliphatic rings. The van der Waals surface area contributed by atoms with Gasteiger partial charge in [-0.3, -0.25) is 0 Å². The summed E-state index contributed by atoms with van der Waals surface area (Å²) < 4.78 is 1.16. The number of nitrogens with two attached hydrogens (primary N) is 1.